The molecule has 5 rings (SSSR count). The summed E-state index contributed by atoms with van der Waals surface area (Å²) >= 11 is 0. The van der Waals surface area contributed by atoms with Gasteiger partial charge >= 0.3 is 0 Å². The third kappa shape index (κ3) is 3.08. The summed E-state index contributed by atoms with van der Waals surface area (Å²) < 4.78 is 0. The van der Waals surface area contributed by atoms with E-state index in [9.17, 15) is 0 Å². The lowest BCUT2D eigenvalue weighted by atomic mass is 9.49. The van der Waals surface area contributed by atoms with Crippen molar-refractivity contribution in [2.45, 2.75) is 45.1 Å². The van der Waals surface area contributed by atoms with E-state index in [4.69, 9.17) is 5.73 Å². The second-order valence-electron chi connectivity index (χ2n) is 8.89. The Morgan fingerprint density at radius 1 is 0.958 bits per heavy atom. The first-order chi connectivity index (χ1) is 11.4. The van der Waals surface area contributed by atoms with Gasteiger partial charge in [0.2, 0.25) is 11.9 Å². The van der Waals surface area contributed by atoms with E-state index < -0.39 is 0 Å². The zero-order chi connectivity index (χ0) is 16.9. The first kappa shape index (κ1) is 16.1. The van der Waals surface area contributed by atoms with Gasteiger partial charge in [-0.1, -0.05) is 0 Å². The van der Waals surface area contributed by atoms with Gasteiger partial charge in [-0.05, 0) is 68.7 Å². The molecule has 0 atom stereocenters. The average molecular weight is 330 g/mol. The van der Waals surface area contributed by atoms with Crippen molar-refractivity contribution in [3.8, 4) is 0 Å². The highest BCUT2D eigenvalue weighted by Gasteiger charge is 2.50. The average Bonchev–Trinajstić information content (AvgIpc) is 2.43. The molecule has 6 nitrogen and oxygen atoms in total. The molecular weight excluding hydrogens is 300 g/mol. The normalized spacial score (nSPS) is 34.1. The molecular formula is C18H30N6. The maximum Gasteiger partial charge on any atom is 0.229 e. The Hall–Kier alpha value is -1.43. The van der Waals surface area contributed by atoms with E-state index in [1.165, 1.54) is 45.1 Å². The van der Waals surface area contributed by atoms with Crippen molar-refractivity contribution in [1.82, 2.24) is 19.9 Å². The van der Waals surface area contributed by atoms with Gasteiger partial charge in [-0.2, -0.15) is 15.0 Å². The van der Waals surface area contributed by atoms with Crippen molar-refractivity contribution < 1.29 is 0 Å². The van der Waals surface area contributed by atoms with Crippen molar-refractivity contribution in [3.05, 3.63) is 5.82 Å². The van der Waals surface area contributed by atoms with Gasteiger partial charge in [0.1, 0.15) is 5.82 Å². The van der Waals surface area contributed by atoms with Crippen LogP contribution in [-0.2, 0) is 6.54 Å². The molecule has 4 bridgehead atoms. The fraction of sp³-hybridized carbons (Fsp3) is 0.833. The summed E-state index contributed by atoms with van der Waals surface area (Å²) in [5.41, 5.74) is 6.40. The third-order valence-electron chi connectivity index (χ3n) is 6.27. The first-order valence-corrected chi connectivity index (χ1v) is 9.27. The zero-order valence-electron chi connectivity index (χ0n) is 15.2. The van der Waals surface area contributed by atoms with Gasteiger partial charge in [0.15, 0.2) is 0 Å². The maximum atomic E-state index is 5.85. The Labute approximate surface area is 144 Å². The summed E-state index contributed by atoms with van der Waals surface area (Å²) in [4.78, 5) is 17.4. The molecule has 4 aliphatic carbocycles. The molecule has 132 valence electrons. The maximum absolute atomic E-state index is 5.85. The van der Waals surface area contributed by atoms with E-state index in [1.807, 2.05) is 19.0 Å². The largest absolute Gasteiger partial charge is 0.368 e. The van der Waals surface area contributed by atoms with Crippen molar-refractivity contribution >= 4 is 11.9 Å². The van der Waals surface area contributed by atoms with Crippen LogP contribution in [0.15, 0.2) is 0 Å². The highest BCUT2D eigenvalue weighted by Crippen LogP contribution is 2.60. The Kier molecular flexibility index (Phi) is 3.90. The Balaban J connectivity index is 1.45. The van der Waals surface area contributed by atoms with E-state index in [1.54, 1.807) is 0 Å². The van der Waals surface area contributed by atoms with Crippen LogP contribution in [0.25, 0.3) is 0 Å². The van der Waals surface area contributed by atoms with Crippen LogP contribution in [0.4, 0.5) is 11.9 Å². The number of hydrogen-bond donors (Lipinski definition) is 1. The summed E-state index contributed by atoms with van der Waals surface area (Å²) in [6.45, 7) is 1.91. The first-order valence-electron chi connectivity index (χ1n) is 9.27. The standard InChI is InChI=1S/C18H30N6/c1-23(2)17-21-15(20-16(19)22-17)10-24(3)11-18-7-12-4-13(8-18)6-14(5-12)9-18/h12-14H,4-11H2,1-3H3,(H2,19,20,21,22). The van der Waals surface area contributed by atoms with Gasteiger partial charge < -0.3 is 10.6 Å². The minimum atomic E-state index is 0.312. The second kappa shape index (κ2) is 5.83. The number of aromatic nitrogens is 3. The van der Waals surface area contributed by atoms with Crippen molar-refractivity contribution in [1.29, 1.82) is 0 Å². The molecule has 0 spiro atoms. The van der Waals surface area contributed by atoms with Crippen LogP contribution in [0.3, 0.4) is 0 Å². The van der Waals surface area contributed by atoms with Crippen LogP contribution in [0.2, 0.25) is 0 Å². The van der Waals surface area contributed by atoms with E-state index in [0.717, 1.165) is 30.1 Å². The lowest BCUT2D eigenvalue weighted by Gasteiger charge is -2.57. The Morgan fingerprint density at radius 3 is 2.08 bits per heavy atom. The smallest absolute Gasteiger partial charge is 0.229 e. The number of hydrogen-bond acceptors (Lipinski definition) is 6. The summed E-state index contributed by atoms with van der Waals surface area (Å²) in [5.74, 6) is 4.72. The lowest BCUT2D eigenvalue weighted by molar-refractivity contribution is -0.0672. The lowest BCUT2D eigenvalue weighted by Crippen LogP contribution is -2.50. The number of nitrogen functional groups attached to an aromatic ring is 1. The quantitative estimate of drug-likeness (QED) is 0.892. The fourth-order valence-electron chi connectivity index (χ4n) is 6.05. The van der Waals surface area contributed by atoms with Crippen LogP contribution in [-0.4, -0.2) is 47.5 Å². The summed E-state index contributed by atoms with van der Waals surface area (Å²) in [6, 6.07) is 0. The molecule has 0 unspecified atom stereocenters. The van der Waals surface area contributed by atoms with Gasteiger partial charge in [0.05, 0.1) is 6.54 Å². The second-order valence-corrected chi connectivity index (χ2v) is 8.89. The number of nitrogens with two attached hydrogens (primary N) is 1. The topological polar surface area (TPSA) is 71.2 Å². The predicted octanol–water partition coefficient (Wildman–Crippen LogP) is 2.17. The van der Waals surface area contributed by atoms with Crippen LogP contribution >= 0.6 is 0 Å². The molecule has 0 aromatic carbocycles. The molecule has 1 aromatic rings. The van der Waals surface area contributed by atoms with Gasteiger partial charge in [-0.25, -0.2) is 0 Å². The van der Waals surface area contributed by atoms with Crippen LogP contribution < -0.4 is 10.6 Å². The zero-order valence-corrected chi connectivity index (χ0v) is 15.2. The van der Waals surface area contributed by atoms with Crippen molar-refractivity contribution in [2.75, 3.05) is 38.3 Å². The molecule has 4 saturated carbocycles. The third-order valence-corrected chi connectivity index (χ3v) is 6.27. The van der Waals surface area contributed by atoms with Crippen LogP contribution in [0.5, 0.6) is 0 Å². The fourth-order valence-corrected chi connectivity index (χ4v) is 6.05. The Morgan fingerprint density at radius 2 is 1.54 bits per heavy atom. The number of anilines is 2. The molecule has 0 saturated heterocycles. The summed E-state index contributed by atoms with van der Waals surface area (Å²) in [5, 5.41) is 0. The molecule has 0 aliphatic heterocycles. The molecule has 6 heteroatoms. The van der Waals surface area contributed by atoms with Crippen molar-refractivity contribution in [3.63, 3.8) is 0 Å². The highest BCUT2D eigenvalue weighted by atomic mass is 15.3. The van der Waals surface area contributed by atoms with Crippen LogP contribution in [0.1, 0.15) is 44.3 Å². The summed E-state index contributed by atoms with van der Waals surface area (Å²) in [7, 11) is 6.06. The minimum absolute atomic E-state index is 0.312. The van der Waals surface area contributed by atoms with Crippen LogP contribution in [0, 0.1) is 23.2 Å². The van der Waals surface area contributed by atoms with Gasteiger partial charge in [0, 0.05) is 20.6 Å². The van der Waals surface area contributed by atoms with Gasteiger partial charge in [-0.15, -0.1) is 0 Å². The molecule has 0 amide bonds. The summed E-state index contributed by atoms with van der Waals surface area (Å²) in [6.07, 6.45) is 8.81. The van der Waals surface area contributed by atoms with E-state index in [0.29, 0.717) is 17.3 Å². The van der Waals surface area contributed by atoms with E-state index in [2.05, 4.69) is 26.9 Å². The number of rotatable bonds is 5. The molecule has 0 radical (unpaired) electrons. The highest BCUT2D eigenvalue weighted by molar-refractivity contribution is 5.32. The molecule has 1 aromatic heterocycles. The van der Waals surface area contributed by atoms with E-state index >= 15 is 0 Å². The molecule has 1 heterocycles. The molecule has 4 fully saturated rings. The van der Waals surface area contributed by atoms with E-state index in [-0.39, 0.29) is 0 Å². The Bertz CT molecular complexity index is 578. The molecule has 2 N–H and O–H groups in total. The van der Waals surface area contributed by atoms with Crippen molar-refractivity contribution in [2.24, 2.45) is 23.2 Å². The molecule has 4 aliphatic rings. The van der Waals surface area contributed by atoms with Gasteiger partial charge in [0.25, 0.3) is 0 Å². The molecule has 24 heavy (non-hydrogen) atoms. The monoisotopic (exact) mass is 330 g/mol. The number of nitrogens with zero attached hydrogens (tertiary/aromatic N) is 5. The SMILES string of the molecule is CN(Cc1nc(N)nc(N(C)C)n1)CC12CC3CC(CC(C3)C1)C2. The minimum Gasteiger partial charge on any atom is -0.368 e. The van der Waals surface area contributed by atoms with Gasteiger partial charge in [-0.3, -0.25) is 4.90 Å². The predicted molar refractivity (Wildman–Crippen MR) is 95.5 cm³/mol.